The Kier molecular flexibility index (Phi) is 4.61. The highest BCUT2D eigenvalue weighted by Gasteiger charge is 2.26. The average molecular weight is 383 g/mol. The lowest BCUT2D eigenvalue weighted by molar-refractivity contribution is -0.127. The largest absolute Gasteiger partial charge is 0.480 e. The Labute approximate surface area is 130 Å². The van der Waals surface area contributed by atoms with Gasteiger partial charge in [-0.1, -0.05) is 0 Å². The van der Waals surface area contributed by atoms with Crippen molar-refractivity contribution in [2.75, 3.05) is 0 Å². The molecule has 1 atom stereocenters. The molecule has 1 saturated carbocycles. The highest BCUT2D eigenvalue weighted by atomic mass is 79.9. The van der Waals surface area contributed by atoms with Crippen molar-refractivity contribution in [2.24, 2.45) is 0 Å². The first kappa shape index (κ1) is 15.6. The molecule has 1 aromatic rings. The predicted molar refractivity (Wildman–Crippen MR) is 78.4 cm³/mol. The lowest BCUT2D eigenvalue weighted by atomic mass is 10.3. The second-order valence-corrected chi connectivity index (χ2v) is 7.99. The Balaban J connectivity index is 2.07. The lowest BCUT2D eigenvalue weighted by Crippen LogP contribution is -2.37. The zero-order valence-corrected chi connectivity index (χ0v) is 13.8. The quantitative estimate of drug-likeness (QED) is 0.794. The van der Waals surface area contributed by atoms with Gasteiger partial charge in [-0.25, -0.2) is 8.42 Å². The summed E-state index contributed by atoms with van der Waals surface area (Å²) in [5.74, 6) is 0.195. The summed E-state index contributed by atoms with van der Waals surface area (Å²) < 4.78 is 28.3. The first-order chi connectivity index (χ1) is 9.27. The molecule has 5 nitrogen and oxygen atoms in total. The van der Waals surface area contributed by atoms with Crippen LogP contribution in [0.15, 0.2) is 27.6 Å². The van der Waals surface area contributed by atoms with Crippen LogP contribution in [0.5, 0.6) is 5.75 Å². The first-order valence-corrected chi connectivity index (χ1v) is 9.09. The summed E-state index contributed by atoms with van der Waals surface area (Å²) in [4.78, 5) is 11.7. The molecule has 0 spiro atoms. The second-order valence-electron chi connectivity index (χ2n) is 4.57. The minimum absolute atomic E-state index is 0.0338. The number of halogens is 2. The van der Waals surface area contributed by atoms with Crippen LogP contribution in [-0.2, 0) is 13.8 Å². The summed E-state index contributed by atoms with van der Waals surface area (Å²) in [6.45, 7) is 1.64. The zero-order valence-electron chi connectivity index (χ0n) is 10.6. The molecule has 2 rings (SSSR count). The monoisotopic (exact) mass is 381 g/mol. The highest BCUT2D eigenvalue weighted by Crippen LogP contribution is 2.30. The Hall–Kier alpha value is -0.790. The fourth-order valence-electron chi connectivity index (χ4n) is 1.52. The van der Waals surface area contributed by atoms with Gasteiger partial charge in [0.2, 0.25) is 0 Å². The van der Waals surface area contributed by atoms with Gasteiger partial charge in [0, 0.05) is 16.7 Å². The second kappa shape index (κ2) is 5.91. The minimum Gasteiger partial charge on any atom is -0.480 e. The maximum absolute atomic E-state index is 11.8. The maximum Gasteiger partial charge on any atom is 0.261 e. The van der Waals surface area contributed by atoms with Gasteiger partial charge in [-0.15, -0.1) is 0 Å². The van der Waals surface area contributed by atoms with Crippen LogP contribution in [0.25, 0.3) is 0 Å². The van der Waals surface area contributed by atoms with E-state index in [2.05, 4.69) is 21.2 Å². The van der Waals surface area contributed by atoms with Crippen molar-refractivity contribution in [3.8, 4) is 5.75 Å². The lowest BCUT2D eigenvalue weighted by Gasteiger charge is -2.15. The van der Waals surface area contributed by atoms with Crippen LogP contribution < -0.4 is 10.1 Å². The number of benzene rings is 1. The molecule has 1 aliphatic rings. The minimum atomic E-state index is -3.79. The summed E-state index contributed by atoms with van der Waals surface area (Å²) in [5, 5.41) is 2.83. The van der Waals surface area contributed by atoms with E-state index >= 15 is 0 Å². The molecule has 0 radical (unpaired) electrons. The van der Waals surface area contributed by atoms with Gasteiger partial charge in [0.25, 0.3) is 15.0 Å². The average Bonchev–Trinajstić information content (AvgIpc) is 3.14. The normalized spacial score (nSPS) is 16.6. The molecule has 0 saturated heterocycles. The van der Waals surface area contributed by atoms with E-state index in [-0.39, 0.29) is 16.8 Å². The zero-order chi connectivity index (χ0) is 14.9. The smallest absolute Gasteiger partial charge is 0.261 e. The molecule has 0 aliphatic heterocycles. The van der Waals surface area contributed by atoms with Crippen molar-refractivity contribution in [1.29, 1.82) is 0 Å². The first-order valence-electron chi connectivity index (χ1n) is 5.98. The third kappa shape index (κ3) is 4.10. The fraction of sp³-hybridized carbons (Fsp3) is 0.417. The third-order valence-electron chi connectivity index (χ3n) is 2.78. The number of hydrogen-bond donors (Lipinski definition) is 1. The number of carbonyl (C=O) groups excluding carboxylic acids is 1. The molecule has 1 N–H and O–H groups in total. The van der Waals surface area contributed by atoms with E-state index in [1.807, 2.05) is 0 Å². The van der Waals surface area contributed by atoms with Crippen LogP contribution in [0.4, 0.5) is 0 Å². The standard InChI is InChI=1S/C12H13BrClNO4S/c1-7(12(16)15-8-2-3-8)19-11-5-4-9(6-10(11)13)20(14,17)18/h4-8H,2-3H2,1H3,(H,15,16). The van der Waals surface area contributed by atoms with E-state index < -0.39 is 15.2 Å². The van der Waals surface area contributed by atoms with Gasteiger partial charge >= 0.3 is 0 Å². The van der Waals surface area contributed by atoms with Crippen LogP contribution in [0, 0.1) is 0 Å². The van der Waals surface area contributed by atoms with E-state index in [4.69, 9.17) is 15.4 Å². The summed E-state index contributed by atoms with van der Waals surface area (Å²) in [6, 6.07) is 4.39. The molecule has 0 aromatic heterocycles. The predicted octanol–water partition coefficient (Wildman–Crippen LogP) is 2.42. The van der Waals surface area contributed by atoms with Crippen molar-refractivity contribution in [3.63, 3.8) is 0 Å². The number of carbonyl (C=O) groups is 1. The van der Waals surface area contributed by atoms with Crippen LogP contribution in [-0.4, -0.2) is 26.5 Å². The molecular weight excluding hydrogens is 370 g/mol. The van der Waals surface area contributed by atoms with Crippen LogP contribution in [0.2, 0.25) is 0 Å². The summed E-state index contributed by atoms with van der Waals surface area (Å²) in [6.07, 6.45) is 1.35. The van der Waals surface area contributed by atoms with Gasteiger partial charge in [-0.2, -0.15) is 0 Å². The van der Waals surface area contributed by atoms with Crippen molar-refractivity contribution in [3.05, 3.63) is 22.7 Å². The van der Waals surface area contributed by atoms with Crippen LogP contribution in [0.3, 0.4) is 0 Å². The molecule has 1 fully saturated rings. The molecule has 8 heteroatoms. The molecule has 0 heterocycles. The van der Waals surface area contributed by atoms with Gasteiger partial charge in [-0.3, -0.25) is 4.79 Å². The summed E-state index contributed by atoms with van der Waals surface area (Å²) >= 11 is 3.20. The van der Waals surface area contributed by atoms with Gasteiger partial charge in [0.05, 0.1) is 9.37 Å². The van der Waals surface area contributed by atoms with E-state index in [0.29, 0.717) is 10.2 Å². The van der Waals surface area contributed by atoms with E-state index in [9.17, 15) is 13.2 Å². The van der Waals surface area contributed by atoms with E-state index in [1.165, 1.54) is 18.2 Å². The highest BCUT2D eigenvalue weighted by molar-refractivity contribution is 9.10. The molecule has 1 amide bonds. The van der Waals surface area contributed by atoms with Crippen molar-refractivity contribution in [1.82, 2.24) is 5.32 Å². The third-order valence-corrected chi connectivity index (χ3v) is 4.75. The Morgan fingerprint density at radius 1 is 1.50 bits per heavy atom. The number of amides is 1. The summed E-state index contributed by atoms with van der Waals surface area (Å²) in [5.41, 5.74) is 0. The van der Waals surface area contributed by atoms with E-state index in [1.54, 1.807) is 6.92 Å². The van der Waals surface area contributed by atoms with Gasteiger partial charge in [0.1, 0.15) is 5.75 Å². The number of ether oxygens (including phenoxy) is 1. The van der Waals surface area contributed by atoms with Crippen molar-refractivity contribution < 1.29 is 17.9 Å². The molecule has 1 aromatic carbocycles. The molecular formula is C12H13BrClNO4S. The Morgan fingerprint density at radius 2 is 2.15 bits per heavy atom. The number of hydrogen-bond acceptors (Lipinski definition) is 4. The molecule has 0 bridgehead atoms. The molecule has 1 unspecified atom stereocenters. The molecule has 110 valence electrons. The summed E-state index contributed by atoms with van der Waals surface area (Å²) in [7, 11) is 1.46. The van der Waals surface area contributed by atoms with Crippen molar-refractivity contribution >= 4 is 41.6 Å². The van der Waals surface area contributed by atoms with E-state index in [0.717, 1.165) is 12.8 Å². The van der Waals surface area contributed by atoms with Crippen molar-refractivity contribution in [2.45, 2.75) is 36.8 Å². The van der Waals surface area contributed by atoms with Gasteiger partial charge in [0.15, 0.2) is 6.10 Å². The molecule has 1 aliphatic carbocycles. The number of rotatable bonds is 5. The Morgan fingerprint density at radius 3 is 2.65 bits per heavy atom. The Bertz CT molecular complexity index is 630. The topological polar surface area (TPSA) is 72.5 Å². The maximum atomic E-state index is 11.8. The fourth-order valence-corrected chi connectivity index (χ4v) is 2.92. The SMILES string of the molecule is CC(Oc1ccc(S(=O)(=O)Cl)cc1Br)C(=O)NC1CC1. The molecule has 20 heavy (non-hydrogen) atoms. The van der Waals surface area contributed by atoms with Crippen LogP contribution in [0.1, 0.15) is 19.8 Å². The van der Waals surface area contributed by atoms with Gasteiger partial charge in [-0.05, 0) is 53.9 Å². The van der Waals surface area contributed by atoms with Crippen LogP contribution >= 0.6 is 26.6 Å². The number of nitrogens with one attached hydrogen (secondary N) is 1. The van der Waals surface area contributed by atoms with Gasteiger partial charge < -0.3 is 10.1 Å².